The van der Waals surface area contributed by atoms with E-state index in [1.54, 1.807) is 13.1 Å². The summed E-state index contributed by atoms with van der Waals surface area (Å²) in [7, 11) is 0. The van der Waals surface area contributed by atoms with Crippen LogP contribution in [0.25, 0.3) is 11.0 Å². The smallest absolute Gasteiger partial charge is 0.339 e. The van der Waals surface area contributed by atoms with E-state index in [1.165, 1.54) is 24.0 Å². The van der Waals surface area contributed by atoms with Gasteiger partial charge in [0.1, 0.15) is 16.9 Å². The van der Waals surface area contributed by atoms with Gasteiger partial charge in [0.05, 0.1) is 0 Å². The number of nitrogens with zero attached hydrogens (tertiary/aromatic N) is 1. The third-order valence-corrected chi connectivity index (χ3v) is 3.96. The third kappa shape index (κ3) is 3.42. The number of fused-ring (bicyclic) bond motifs is 1. The number of aromatic carboxylic acids is 1. The summed E-state index contributed by atoms with van der Waals surface area (Å²) in [6.07, 6.45) is 6.03. The number of carbonyl (C=O) groups is 1. The number of benzene rings is 1. The first-order valence-corrected chi connectivity index (χ1v) is 7.69. The zero-order valence-corrected chi connectivity index (χ0v) is 13.2. The van der Waals surface area contributed by atoms with Crippen molar-refractivity contribution in [2.45, 2.75) is 32.6 Å². The van der Waals surface area contributed by atoms with Crippen LogP contribution in [0.5, 0.6) is 0 Å². The van der Waals surface area contributed by atoms with Gasteiger partial charge in [-0.25, -0.2) is 4.79 Å². The molecule has 2 heterocycles. The Kier molecular flexibility index (Phi) is 4.15. The molecule has 3 aromatic rings. The molecule has 0 saturated heterocycles. The van der Waals surface area contributed by atoms with Crippen molar-refractivity contribution in [2.24, 2.45) is 0 Å². The molecule has 0 bridgehead atoms. The number of aryl methyl sites for hydroxylation is 2. The Labute approximate surface area is 134 Å². The summed E-state index contributed by atoms with van der Waals surface area (Å²) >= 11 is 0. The Morgan fingerprint density at radius 1 is 1.26 bits per heavy atom. The standard InChI is InChI=1S/C13H12O3.C6H7N/c1-7-12(13(14)15)10-6-9(8-2-3-8)4-5-11(10)16-7;1-6-3-2-4-7-5-6/h4-6,8H,2-3H2,1H3,(H,14,15);2-5H,1H3. The van der Waals surface area contributed by atoms with Crippen molar-refractivity contribution in [3.63, 3.8) is 0 Å². The maximum Gasteiger partial charge on any atom is 0.339 e. The molecule has 118 valence electrons. The van der Waals surface area contributed by atoms with E-state index >= 15 is 0 Å². The fourth-order valence-corrected chi connectivity index (χ4v) is 2.62. The second-order valence-electron chi connectivity index (χ2n) is 5.90. The van der Waals surface area contributed by atoms with E-state index in [-0.39, 0.29) is 0 Å². The van der Waals surface area contributed by atoms with Crippen LogP contribution >= 0.6 is 0 Å². The maximum absolute atomic E-state index is 11.1. The summed E-state index contributed by atoms with van der Waals surface area (Å²) < 4.78 is 5.43. The van der Waals surface area contributed by atoms with Crippen molar-refractivity contribution in [3.8, 4) is 0 Å². The first kappa shape index (κ1) is 15.3. The van der Waals surface area contributed by atoms with Crippen LogP contribution < -0.4 is 0 Å². The van der Waals surface area contributed by atoms with Crippen LogP contribution in [-0.2, 0) is 0 Å². The molecule has 0 radical (unpaired) electrons. The van der Waals surface area contributed by atoms with E-state index in [0.29, 0.717) is 22.8 Å². The highest BCUT2D eigenvalue weighted by molar-refractivity contribution is 6.03. The Bertz CT molecular complexity index is 832. The van der Waals surface area contributed by atoms with Crippen LogP contribution in [0, 0.1) is 13.8 Å². The van der Waals surface area contributed by atoms with Gasteiger partial charge in [-0.05, 0) is 61.9 Å². The summed E-state index contributed by atoms with van der Waals surface area (Å²) in [4.78, 5) is 15.0. The van der Waals surface area contributed by atoms with Gasteiger partial charge in [0.25, 0.3) is 0 Å². The topological polar surface area (TPSA) is 63.3 Å². The minimum atomic E-state index is -0.913. The van der Waals surface area contributed by atoms with Crippen molar-refractivity contribution in [3.05, 3.63) is 65.2 Å². The van der Waals surface area contributed by atoms with E-state index in [2.05, 4.69) is 4.98 Å². The van der Waals surface area contributed by atoms with Crippen molar-refractivity contribution in [1.82, 2.24) is 4.98 Å². The highest BCUT2D eigenvalue weighted by Gasteiger charge is 2.25. The second kappa shape index (κ2) is 6.24. The molecule has 0 atom stereocenters. The summed E-state index contributed by atoms with van der Waals surface area (Å²) in [6.45, 7) is 3.72. The van der Waals surface area contributed by atoms with E-state index in [0.717, 1.165) is 5.39 Å². The number of rotatable bonds is 2. The van der Waals surface area contributed by atoms with Crippen molar-refractivity contribution in [2.75, 3.05) is 0 Å². The second-order valence-corrected chi connectivity index (χ2v) is 5.90. The number of furan rings is 1. The molecule has 4 nitrogen and oxygen atoms in total. The lowest BCUT2D eigenvalue weighted by Gasteiger charge is -1.97. The Hall–Kier alpha value is -2.62. The van der Waals surface area contributed by atoms with Gasteiger partial charge in [0.15, 0.2) is 0 Å². The fourth-order valence-electron chi connectivity index (χ4n) is 2.62. The first-order chi connectivity index (χ1) is 11.1. The van der Waals surface area contributed by atoms with Gasteiger partial charge in [0.2, 0.25) is 0 Å². The van der Waals surface area contributed by atoms with Crippen LogP contribution in [0.4, 0.5) is 0 Å². The van der Waals surface area contributed by atoms with Crippen molar-refractivity contribution < 1.29 is 14.3 Å². The quantitative estimate of drug-likeness (QED) is 0.745. The summed E-state index contributed by atoms with van der Waals surface area (Å²) in [5, 5.41) is 9.87. The van der Waals surface area contributed by atoms with Gasteiger partial charge >= 0.3 is 5.97 Å². The molecule has 4 heteroatoms. The number of pyridine rings is 1. The third-order valence-electron chi connectivity index (χ3n) is 3.96. The molecule has 1 fully saturated rings. The summed E-state index contributed by atoms with van der Waals surface area (Å²) in [5.41, 5.74) is 3.41. The monoisotopic (exact) mass is 309 g/mol. The molecule has 4 rings (SSSR count). The SMILES string of the molecule is Cc1cccnc1.Cc1oc2ccc(C3CC3)cc2c1C(=O)O. The van der Waals surface area contributed by atoms with Crippen molar-refractivity contribution >= 4 is 16.9 Å². The molecule has 0 amide bonds. The Morgan fingerprint density at radius 3 is 2.57 bits per heavy atom. The number of carboxylic acid groups (broad SMARTS) is 1. The largest absolute Gasteiger partial charge is 0.478 e. The molecular weight excluding hydrogens is 290 g/mol. The molecule has 0 aliphatic heterocycles. The summed E-state index contributed by atoms with van der Waals surface area (Å²) in [5.74, 6) is 0.195. The molecule has 0 spiro atoms. The van der Waals surface area contributed by atoms with Gasteiger partial charge in [-0.2, -0.15) is 0 Å². The van der Waals surface area contributed by atoms with E-state index in [4.69, 9.17) is 9.52 Å². The average Bonchev–Trinajstić information content (AvgIpc) is 3.30. The number of carboxylic acids is 1. The molecular formula is C19H19NO3. The van der Waals surface area contributed by atoms with E-state index in [9.17, 15) is 4.79 Å². The highest BCUT2D eigenvalue weighted by Crippen LogP contribution is 2.41. The van der Waals surface area contributed by atoms with Crippen LogP contribution in [0.2, 0.25) is 0 Å². The highest BCUT2D eigenvalue weighted by atomic mass is 16.4. The normalized spacial score (nSPS) is 13.5. The fraction of sp³-hybridized carbons (Fsp3) is 0.263. The summed E-state index contributed by atoms with van der Waals surface area (Å²) in [6, 6.07) is 9.83. The van der Waals surface area contributed by atoms with Crippen LogP contribution in [0.1, 0.15) is 46.0 Å². The van der Waals surface area contributed by atoms with Gasteiger partial charge in [-0.15, -0.1) is 0 Å². The van der Waals surface area contributed by atoms with Gasteiger partial charge in [0, 0.05) is 17.8 Å². The molecule has 1 aliphatic rings. The lowest BCUT2D eigenvalue weighted by Crippen LogP contribution is -1.96. The van der Waals surface area contributed by atoms with Gasteiger partial charge < -0.3 is 9.52 Å². The molecule has 2 aromatic heterocycles. The molecule has 1 saturated carbocycles. The predicted molar refractivity (Wildman–Crippen MR) is 88.9 cm³/mol. The average molecular weight is 309 g/mol. The zero-order chi connectivity index (χ0) is 16.4. The van der Waals surface area contributed by atoms with Crippen molar-refractivity contribution in [1.29, 1.82) is 0 Å². The number of hydrogen-bond donors (Lipinski definition) is 1. The lowest BCUT2D eigenvalue weighted by molar-refractivity contribution is 0.0697. The zero-order valence-electron chi connectivity index (χ0n) is 13.2. The minimum Gasteiger partial charge on any atom is -0.478 e. The Balaban J connectivity index is 0.000000188. The van der Waals surface area contributed by atoms with Gasteiger partial charge in [-0.3, -0.25) is 4.98 Å². The minimum absolute atomic E-state index is 0.303. The van der Waals surface area contributed by atoms with Crippen LogP contribution in [0.15, 0.2) is 47.1 Å². The van der Waals surface area contributed by atoms with E-state index < -0.39 is 5.97 Å². The lowest BCUT2D eigenvalue weighted by atomic mass is 10.1. The van der Waals surface area contributed by atoms with Crippen LogP contribution in [-0.4, -0.2) is 16.1 Å². The molecule has 0 unspecified atom stereocenters. The maximum atomic E-state index is 11.1. The molecule has 23 heavy (non-hydrogen) atoms. The molecule has 1 N–H and O–H groups in total. The number of aromatic nitrogens is 1. The number of hydrogen-bond acceptors (Lipinski definition) is 3. The first-order valence-electron chi connectivity index (χ1n) is 7.69. The molecule has 1 aromatic carbocycles. The Morgan fingerprint density at radius 2 is 2.04 bits per heavy atom. The van der Waals surface area contributed by atoms with E-state index in [1.807, 2.05) is 43.5 Å². The molecule has 1 aliphatic carbocycles. The predicted octanol–water partition coefficient (Wildman–Crippen LogP) is 4.71. The van der Waals surface area contributed by atoms with Gasteiger partial charge in [-0.1, -0.05) is 12.1 Å². The van der Waals surface area contributed by atoms with Crippen LogP contribution in [0.3, 0.4) is 0 Å².